The summed E-state index contributed by atoms with van der Waals surface area (Å²) in [5.41, 5.74) is 1.21. The number of para-hydroxylation sites is 2. The molecule has 0 atom stereocenters. The lowest BCUT2D eigenvalue weighted by Crippen LogP contribution is -2.21. The number of methoxy groups -OCH3 is 1. The second kappa shape index (κ2) is 5.56. The molecule has 0 saturated carbocycles. The van der Waals surface area contributed by atoms with Gasteiger partial charge >= 0.3 is 0 Å². The maximum absolute atomic E-state index is 5.38. The number of anilines is 1. The number of benzene rings is 1. The second-order valence-electron chi connectivity index (χ2n) is 3.29. The molecule has 4 heteroatoms. The van der Waals surface area contributed by atoms with Gasteiger partial charge in [-0.15, -0.1) is 23.5 Å². The van der Waals surface area contributed by atoms with Gasteiger partial charge in [0.05, 0.1) is 24.6 Å². The van der Waals surface area contributed by atoms with Crippen molar-refractivity contribution in [1.82, 2.24) is 0 Å². The van der Waals surface area contributed by atoms with Crippen molar-refractivity contribution >= 4 is 29.2 Å². The van der Waals surface area contributed by atoms with Gasteiger partial charge in [0.15, 0.2) is 0 Å². The Morgan fingerprint density at radius 1 is 1.13 bits per heavy atom. The number of rotatable bonds is 2. The first-order valence-electron chi connectivity index (χ1n) is 4.95. The minimum Gasteiger partial charge on any atom is -0.495 e. The first kappa shape index (κ1) is 11.0. The predicted octanol–water partition coefficient (Wildman–Crippen LogP) is 2.90. The van der Waals surface area contributed by atoms with E-state index in [9.17, 15) is 0 Å². The van der Waals surface area contributed by atoms with Crippen molar-refractivity contribution in [3.63, 3.8) is 0 Å². The monoisotopic (exact) mass is 241 g/mol. The molecule has 0 spiro atoms. The third-order valence-electron chi connectivity index (χ3n) is 2.29. The van der Waals surface area contributed by atoms with E-state index in [1.165, 1.54) is 17.2 Å². The molecule has 0 N–H and O–H groups in total. The molecule has 2 nitrogen and oxygen atoms in total. The van der Waals surface area contributed by atoms with E-state index in [0.717, 1.165) is 17.5 Å². The normalized spacial score (nSPS) is 17.3. The average molecular weight is 241 g/mol. The Morgan fingerprint density at radius 2 is 1.80 bits per heavy atom. The fourth-order valence-electron chi connectivity index (χ4n) is 1.53. The molecule has 0 aliphatic carbocycles. The Bertz CT molecular complexity index is 311. The quantitative estimate of drug-likeness (QED) is 0.789. The van der Waals surface area contributed by atoms with Crippen molar-refractivity contribution in [1.29, 1.82) is 0 Å². The Balaban J connectivity index is 2.18. The third-order valence-corrected chi connectivity index (χ3v) is 4.52. The molecule has 0 aromatic heterocycles. The highest BCUT2D eigenvalue weighted by molar-refractivity contribution is 8.03. The van der Waals surface area contributed by atoms with Crippen LogP contribution < -0.4 is 9.64 Å². The fourth-order valence-corrected chi connectivity index (χ4v) is 3.75. The maximum atomic E-state index is 5.38. The van der Waals surface area contributed by atoms with E-state index in [0.29, 0.717) is 0 Å². The van der Waals surface area contributed by atoms with E-state index in [-0.39, 0.29) is 0 Å². The maximum Gasteiger partial charge on any atom is 0.142 e. The second-order valence-corrected chi connectivity index (χ2v) is 5.44. The number of hydrogen-bond acceptors (Lipinski definition) is 4. The molecule has 1 saturated heterocycles. The summed E-state index contributed by atoms with van der Waals surface area (Å²) in [5, 5.41) is 0. The van der Waals surface area contributed by atoms with E-state index in [2.05, 4.69) is 17.0 Å². The van der Waals surface area contributed by atoms with Crippen molar-refractivity contribution in [2.75, 3.05) is 35.3 Å². The summed E-state index contributed by atoms with van der Waals surface area (Å²) in [6.07, 6.45) is 0. The van der Waals surface area contributed by atoms with Crippen molar-refractivity contribution in [3.8, 4) is 5.75 Å². The summed E-state index contributed by atoms with van der Waals surface area (Å²) < 4.78 is 5.38. The van der Waals surface area contributed by atoms with Crippen LogP contribution in [0.3, 0.4) is 0 Å². The van der Waals surface area contributed by atoms with Gasteiger partial charge in [0.2, 0.25) is 0 Å². The fraction of sp³-hybridized carbons (Fsp3) is 0.455. The highest BCUT2D eigenvalue weighted by atomic mass is 32.2. The number of nitrogens with zero attached hydrogens (tertiary/aromatic N) is 1. The van der Waals surface area contributed by atoms with Gasteiger partial charge in [0.1, 0.15) is 5.75 Å². The summed E-state index contributed by atoms with van der Waals surface area (Å²) in [7, 11) is 1.73. The van der Waals surface area contributed by atoms with Gasteiger partial charge in [0.25, 0.3) is 0 Å². The Hall–Kier alpha value is -0.480. The van der Waals surface area contributed by atoms with Crippen LogP contribution in [-0.4, -0.2) is 30.4 Å². The molecule has 1 heterocycles. The van der Waals surface area contributed by atoms with E-state index < -0.39 is 0 Å². The first-order chi connectivity index (χ1) is 7.42. The van der Waals surface area contributed by atoms with Gasteiger partial charge in [-0.1, -0.05) is 12.1 Å². The van der Waals surface area contributed by atoms with Crippen molar-refractivity contribution < 1.29 is 4.74 Å². The van der Waals surface area contributed by atoms with E-state index in [4.69, 9.17) is 4.74 Å². The molecule has 0 amide bonds. The molecule has 0 unspecified atom stereocenters. The van der Waals surface area contributed by atoms with Gasteiger partial charge in [-0.25, -0.2) is 0 Å². The molecular weight excluding hydrogens is 226 g/mol. The standard InChI is InChI=1S/C11H15NOS2/c1-13-11-5-3-2-4-10(11)12-8-14-6-7-15-9-12/h2-5H,6-9H2,1H3. The molecular formula is C11H15NOS2. The SMILES string of the molecule is COc1ccccc1N1CSCCSC1. The highest BCUT2D eigenvalue weighted by Crippen LogP contribution is 2.31. The van der Waals surface area contributed by atoms with Crippen molar-refractivity contribution in [2.45, 2.75) is 0 Å². The molecule has 2 rings (SSSR count). The number of hydrogen-bond donors (Lipinski definition) is 0. The summed E-state index contributed by atoms with van der Waals surface area (Å²) in [6, 6.07) is 8.24. The van der Waals surface area contributed by atoms with Crippen molar-refractivity contribution in [2.24, 2.45) is 0 Å². The van der Waals surface area contributed by atoms with Gasteiger partial charge in [0, 0.05) is 11.5 Å². The van der Waals surface area contributed by atoms with Gasteiger partial charge in [-0.2, -0.15) is 0 Å². The summed E-state index contributed by atoms with van der Waals surface area (Å²) in [6.45, 7) is 0. The van der Waals surface area contributed by atoms with E-state index in [1.807, 2.05) is 35.7 Å². The Kier molecular flexibility index (Phi) is 4.09. The van der Waals surface area contributed by atoms with Gasteiger partial charge < -0.3 is 9.64 Å². The minimum atomic E-state index is 0.973. The zero-order valence-corrected chi connectivity index (χ0v) is 10.4. The van der Waals surface area contributed by atoms with E-state index >= 15 is 0 Å². The Morgan fingerprint density at radius 3 is 2.47 bits per heavy atom. The molecule has 82 valence electrons. The van der Waals surface area contributed by atoms with Gasteiger partial charge in [-0.3, -0.25) is 0 Å². The molecule has 1 fully saturated rings. The van der Waals surface area contributed by atoms with Crippen molar-refractivity contribution in [3.05, 3.63) is 24.3 Å². The number of thioether (sulfide) groups is 2. The summed E-state index contributed by atoms with van der Waals surface area (Å²) in [5.74, 6) is 5.59. The molecule has 1 aliphatic heterocycles. The molecule has 1 aromatic carbocycles. The van der Waals surface area contributed by atoms with Crippen LogP contribution in [0.25, 0.3) is 0 Å². The lowest BCUT2D eigenvalue weighted by molar-refractivity contribution is 0.415. The van der Waals surface area contributed by atoms with Crippen LogP contribution in [0.1, 0.15) is 0 Å². The third kappa shape index (κ3) is 2.75. The van der Waals surface area contributed by atoms with Gasteiger partial charge in [-0.05, 0) is 12.1 Å². The smallest absolute Gasteiger partial charge is 0.142 e. The molecule has 0 radical (unpaired) electrons. The zero-order chi connectivity index (χ0) is 10.5. The van der Waals surface area contributed by atoms with Crippen LogP contribution in [0.4, 0.5) is 5.69 Å². The highest BCUT2D eigenvalue weighted by Gasteiger charge is 2.13. The molecule has 1 aromatic rings. The average Bonchev–Trinajstić information content (AvgIpc) is 2.57. The lowest BCUT2D eigenvalue weighted by atomic mass is 10.3. The van der Waals surface area contributed by atoms with Crippen LogP contribution in [-0.2, 0) is 0 Å². The van der Waals surface area contributed by atoms with Crippen LogP contribution in [0.5, 0.6) is 5.75 Å². The minimum absolute atomic E-state index is 0.973. The number of ether oxygens (including phenoxy) is 1. The van der Waals surface area contributed by atoms with Crippen LogP contribution >= 0.6 is 23.5 Å². The van der Waals surface area contributed by atoms with Crippen LogP contribution in [0.2, 0.25) is 0 Å². The first-order valence-corrected chi connectivity index (χ1v) is 7.26. The molecule has 1 aliphatic rings. The molecule has 0 bridgehead atoms. The van der Waals surface area contributed by atoms with Crippen LogP contribution in [0.15, 0.2) is 24.3 Å². The zero-order valence-electron chi connectivity index (χ0n) is 8.81. The topological polar surface area (TPSA) is 12.5 Å². The molecule has 15 heavy (non-hydrogen) atoms. The largest absolute Gasteiger partial charge is 0.495 e. The summed E-state index contributed by atoms with van der Waals surface area (Å²) in [4.78, 5) is 2.38. The van der Waals surface area contributed by atoms with Crippen LogP contribution in [0, 0.1) is 0 Å². The summed E-state index contributed by atoms with van der Waals surface area (Å²) >= 11 is 3.97. The van der Waals surface area contributed by atoms with E-state index in [1.54, 1.807) is 7.11 Å². The Labute approximate surface area is 99.4 Å². The predicted molar refractivity (Wildman–Crippen MR) is 70.1 cm³/mol. The lowest BCUT2D eigenvalue weighted by Gasteiger charge is -2.23.